The van der Waals surface area contributed by atoms with E-state index in [1.807, 2.05) is 19.1 Å². The molecule has 2 aliphatic carbocycles. The molecule has 2 rings (SSSR count). The Labute approximate surface area is 198 Å². The van der Waals surface area contributed by atoms with Crippen molar-refractivity contribution >= 4 is 11.9 Å². The monoisotopic (exact) mass is 460 g/mol. The standard InChI is InChI=1S/C27H40O6/c1-5-7-10-18(3)24(28)14-13-22-23-16-20(15-21(23)17-25(22)29)11-8-9-12-26(30)33-19(4)27(31)32-6-2/h11,13-14,18-19,21-25,28-29H,6,8-10,12,15-17H2,1-4H3/t18?,19?,21-,22+,23-,24+,25+/m0/s1. The van der Waals surface area contributed by atoms with Crippen LogP contribution in [-0.2, 0) is 19.1 Å². The quantitative estimate of drug-likeness (QED) is 0.210. The molecule has 184 valence electrons. The van der Waals surface area contributed by atoms with Crippen molar-refractivity contribution in [1.82, 2.24) is 0 Å². The van der Waals surface area contributed by atoms with Crippen molar-refractivity contribution in [3.63, 3.8) is 0 Å². The summed E-state index contributed by atoms with van der Waals surface area (Å²) >= 11 is 0. The summed E-state index contributed by atoms with van der Waals surface area (Å²) in [5.41, 5.74) is 1.38. The van der Waals surface area contributed by atoms with Gasteiger partial charge < -0.3 is 19.7 Å². The van der Waals surface area contributed by atoms with Crippen molar-refractivity contribution in [3.8, 4) is 11.8 Å². The predicted octanol–water partition coefficient (Wildman–Crippen LogP) is 3.95. The molecule has 2 unspecified atom stereocenters. The van der Waals surface area contributed by atoms with E-state index in [0.717, 1.165) is 25.7 Å². The fraction of sp³-hybridized carbons (Fsp3) is 0.704. The van der Waals surface area contributed by atoms with Crippen LogP contribution >= 0.6 is 0 Å². The summed E-state index contributed by atoms with van der Waals surface area (Å²) < 4.78 is 9.95. The second kappa shape index (κ2) is 13.6. The van der Waals surface area contributed by atoms with E-state index in [0.29, 0.717) is 24.7 Å². The molecule has 0 aliphatic heterocycles. The summed E-state index contributed by atoms with van der Waals surface area (Å²) in [6.07, 6.45) is 9.40. The summed E-state index contributed by atoms with van der Waals surface area (Å²) in [6, 6.07) is 0. The number of aliphatic hydroxyl groups excluding tert-OH is 2. The molecule has 0 heterocycles. The molecule has 2 fully saturated rings. The molecule has 0 aromatic carbocycles. The van der Waals surface area contributed by atoms with Crippen molar-refractivity contribution in [3.05, 3.63) is 23.8 Å². The molecule has 0 bridgehead atoms. The Morgan fingerprint density at radius 1 is 1.27 bits per heavy atom. The van der Waals surface area contributed by atoms with E-state index in [9.17, 15) is 19.8 Å². The summed E-state index contributed by atoms with van der Waals surface area (Å²) in [7, 11) is 0. The van der Waals surface area contributed by atoms with Crippen LogP contribution in [0.1, 0.15) is 72.6 Å². The lowest BCUT2D eigenvalue weighted by Crippen LogP contribution is -2.26. The number of unbranched alkanes of at least 4 members (excludes halogenated alkanes) is 1. The molecule has 0 aromatic rings. The fourth-order valence-corrected chi connectivity index (χ4v) is 4.87. The van der Waals surface area contributed by atoms with E-state index in [2.05, 4.69) is 17.9 Å². The summed E-state index contributed by atoms with van der Waals surface area (Å²) in [5, 5.41) is 20.9. The number of fused-ring (bicyclic) bond motifs is 1. The molecule has 0 spiro atoms. The molecule has 2 aliphatic rings. The minimum absolute atomic E-state index is 0.0639. The van der Waals surface area contributed by atoms with Crippen molar-refractivity contribution in [2.45, 2.75) is 91.0 Å². The summed E-state index contributed by atoms with van der Waals surface area (Å²) in [4.78, 5) is 23.5. The molecular formula is C27H40O6. The van der Waals surface area contributed by atoms with Crippen molar-refractivity contribution in [1.29, 1.82) is 0 Å². The highest BCUT2D eigenvalue weighted by atomic mass is 16.6. The first-order valence-electron chi connectivity index (χ1n) is 12.2. The molecule has 2 N–H and O–H groups in total. The van der Waals surface area contributed by atoms with Crippen molar-refractivity contribution in [2.75, 3.05) is 6.61 Å². The zero-order valence-corrected chi connectivity index (χ0v) is 20.5. The Morgan fingerprint density at radius 2 is 2.03 bits per heavy atom. The van der Waals surface area contributed by atoms with Gasteiger partial charge in [0.05, 0.1) is 18.8 Å². The van der Waals surface area contributed by atoms with E-state index in [4.69, 9.17) is 9.47 Å². The van der Waals surface area contributed by atoms with Crippen LogP contribution in [0.2, 0.25) is 0 Å². The van der Waals surface area contributed by atoms with Crippen LogP contribution in [0.5, 0.6) is 0 Å². The Bertz CT molecular complexity index is 773. The molecule has 0 aromatic heterocycles. The number of carbonyl (C=O) groups is 2. The van der Waals surface area contributed by atoms with Gasteiger partial charge in [-0.3, -0.25) is 4.79 Å². The average molecular weight is 461 g/mol. The normalized spacial score (nSPS) is 28.1. The summed E-state index contributed by atoms with van der Waals surface area (Å²) in [5.74, 6) is 5.96. The first kappa shape index (κ1) is 27.1. The Balaban J connectivity index is 1.78. The lowest BCUT2D eigenvalue weighted by molar-refractivity contribution is -0.166. The van der Waals surface area contributed by atoms with Gasteiger partial charge in [-0.2, -0.15) is 0 Å². The number of allylic oxidation sites excluding steroid dienone is 2. The zero-order chi connectivity index (χ0) is 24.4. The fourth-order valence-electron chi connectivity index (χ4n) is 4.87. The molecule has 0 radical (unpaired) electrons. The predicted molar refractivity (Wildman–Crippen MR) is 127 cm³/mol. The zero-order valence-electron chi connectivity index (χ0n) is 20.5. The van der Waals surface area contributed by atoms with Crippen LogP contribution in [-0.4, -0.2) is 47.1 Å². The second-order valence-electron chi connectivity index (χ2n) is 9.33. The number of aliphatic hydroxyl groups is 2. The summed E-state index contributed by atoms with van der Waals surface area (Å²) in [6.45, 7) is 7.28. The van der Waals surface area contributed by atoms with E-state index < -0.39 is 18.2 Å². The van der Waals surface area contributed by atoms with Crippen LogP contribution in [0.25, 0.3) is 0 Å². The van der Waals surface area contributed by atoms with E-state index in [1.165, 1.54) is 12.5 Å². The highest BCUT2D eigenvalue weighted by molar-refractivity contribution is 5.78. The van der Waals surface area contributed by atoms with Gasteiger partial charge in [0.2, 0.25) is 0 Å². The van der Waals surface area contributed by atoms with E-state index in [1.54, 1.807) is 13.8 Å². The number of rotatable bonds is 11. The maximum absolute atomic E-state index is 11.9. The van der Waals surface area contributed by atoms with Gasteiger partial charge in [0.15, 0.2) is 6.10 Å². The largest absolute Gasteiger partial charge is 0.463 e. The lowest BCUT2D eigenvalue weighted by Gasteiger charge is -2.19. The molecule has 2 saturated carbocycles. The van der Waals surface area contributed by atoms with E-state index in [-0.39, 0.29) is 36.9 Å². The SMILES string of the molecule is CC#CCC(C)[C@H](O)C=C[C@@H]1[C@H]2CC(=CCCCC(=O)OC(C)C(=O)OCC)C[C@H]2C[C@H]1O. The maximum Gasteiger partial charge on any atom is 0.347 e. The van der Waals surface area contributed by atoms with Gasteiger partial charge >= 0.3 is 11.9 Å². The molecule has 7 atom stereocenters. The van der Waals surface area contributed by atoms with Crippen LogP contribution in [0, 0.1) is 35.5 Å². The first-order chi connectivity index (χ1) is 15.8. The minimum Gasteiger partial charge on any atom is -0.463 e. The number of ether oxygens (including phenoxy) is 2. The van der Waals surface area contributed by atoms with Crippen LogP contribution in [0.3, 0.4) is 0 Å². The van der Waals surface area contributed by atoms with Crippen LogP contribution < -0.4 is 0 Å². The van der Waals surface area contributed by atoms with Gasteiger partial charge in [0.1, 0.15) is 0 Å². The molecule has 33 heavy (non-hydrogen) atoms. The third-order valence-corrected chi connectivity index (χ3v) is 6.77. The van der Waals surface area contributed by atoms with Crippen LogP contribution in [0.4, 0.5) is 0 Å². The molecule has 0 amide bonds. The minimum atomic E-state index is -0.873. The number of carbonyl (C=O) groups excluding carboxylic acids is 2. The van der Waals surface area contributed by atoms with Gasteiger partial charge in [-0.05, 0) is 70.6 Å². The first-order valence-corrected chi connectivity index (χ1v) is 12.2. The Morgan fingerprint density at radius 3 is 2.73 bits per heavy atom. The van der Waals surface area contributed by atoms with Gasteiger partial charge in [0.25, 0.3) is 0 Å². The van der Waals surface area contributed by atoms with Gasteiger partial charge in [-0.15, -0.1) is 11.8 Å². The molecule has 6 nitrogen and oxygen atoms in total. The van der Waals surface area contributed by atoms with Gasteiger partial charge in [-0.25, -0.2) is 4.79 Å². The second-order valence-corrected chi connectivity index (χ2v) is 9.33. The number of esters is 2. The number of hydrogen-bond acceptors (Lipinski definition) is 6. The topological polar surface area (TPSA) is 93.1 Å². The van der Waals surface area contributed by atoms with Crippen molar-refractivity contribution < 1.29 is 29.3 Å². The third-order valence-electron chi connectivity index (χ3n) is 6.77. The van der Waals surface area contributed by atoms with E-state index >= 15 is 0 Å². The highest BCUT2D eigenvalue weighted by Gasteiger charge is 2.45. The average Bonchev–Trinajstić information content (AvgIpc) is 3.29. The number of hydrogen-bond donors (Lipinski definition) is 2. The van der Waals surface area contributed by atoms with Crippen molar-refractivity contribution in [2.24, 2.45) is 23.7 Å². The smallest absolute Gasteiger partial charge is 0.347 e. The van der Waals surface area contributed by atoms with Gasteiger partial charge in [0, 0.05) is 18.8 Å². The molecular weight excluding hydrogens is 420 g/mol. The molecule has 0 saturated heterocycles. The van der Waals surface area contributed by atoms with Crippen LogP contribution in [0.15, 0.2) is 23.8 Å². The Hall–Kier alpha value is -2.10. The maximum atomic E-state index is 11.9. The van der Waals surface area contributed by atoms with Gasteiger partial charge in [-0.1, -0.05) is 30.7 Å². The molecule has 6 heteroatoms. The Kier molecular flexibility index (Phi) is 11.2. The lowest BCUT2D eigenvalue weighted by atomic mass is 9.89. The highest BCUT2D eigenvalue weighted by Crippen LogP contribution is 2.50. The third kappa shape index (κ3) is 8.32.